The van der Waals surface area contributed by atoms with Crippen molar-refractivity contribution < 1.29 is 28.3 Å². The molecule has 1 aliphatic heterocycles. The summed E-state index contributed by atoms with van der Waals surface area (Å²) in [7, 11) is 0. The Kier molecular flexibility index (Phi) is 6.25. The fourth-order valence-electron chi connectivity index (χ4n) is 3.46. The quantitative estimate of drug-likeness (QED) is 0.530. The number of aryl methyl sites for hydroxylation is 1. The third kappa shape index (κ3) is 4.64. The van der Waals surface area contributed by atoms with E-state index in [1.165, 1.54) is 12.5 Å². The van der Waals surface area contributed by atoms with Crippen LogP contribution in [0, 0.1) is 6.92 Å². The number of nitrogens with zero attached hydrogens (tertiary/aromatic N) is 2. The van der Waals surface area contributed by atoms with Crippen molar-refractivity contribution in [3.63, 3.8) is 0 Å². The number of carbonyl (C=O) groups excluding carboxylic acids is 3. The lowest BCUT2D eigenvalue weighted by molar-refractivity contribution is -0.139. The molecule has 1 aliphatic rings. The Morgan fingerprint density at radius 2 is 1.91 bits per heavy atom. The molecule has 0 aliphatic carbocycles. The molecule has 2 N–H and O–H groups in total. The Labute approximate surface area is 189 Å². The predicted molar refractivity (Wildman–Crippen MR) is 115 cm³/mol. The van der Waals surface area contributed by atoms with E-state index in [-0.39, 0.29) is 30.2 Å². The number of furan rings is 1. The standard InChI is InChI=1S/C23H22N4O6/c1-3-31-22(29)19-16(25-23(30)26-20(19)18-10-9-14(2)33-18)12-32-21(28)17-11-24-13-27(17)15-7-5-4-6-8-15/h4-11,13,20H,3,12H2,1-2H3,(H2,25,26,30). The van der Waals surface area contributed by atoms with E-state index in [0.717, 1.165) is 5.69 Å². The summed E-state index contributed by atoms with van der Waals surface area (Å²) in [4.78, 5) is 41.9. The molecule has 0 radical (unpaired) electrons. The van der Waals surface area contributed by atoms with Gasteiger partial charge in [-0.15, -0.1) is 0 Å². The van der Waals surface area contributed by atoms with Crippen LogP contribution in [0.2, 0.25) is 0 Å². The predicted octanol–water partition coefficient (Wildman–Crippen LogP) is 2.80. The summed E-state index contributed by atoms with van der Waals surface area (Å²) in [6, 6.07) is 11.1. The Bertz CT molecular complexity index is 1210. The molecule has 0 saturated heterocycles. The van der Waals surface area contributed by atoms with Gasteiger partial charge in [0.15, 0.2) is 5.69 Å². The van der Waals surface area contributed by atoms with Crippen molar-refractivity contribution in [1.29, 1.82) is 0 Å². The zero-order valence-corrected chi connectivity index (χ0v) is 18.0. The first-order chi connectivity index (χ1) is 16.0. The van der Waals surface area contributed by atoms with Crippen LogP contribution in [0.4, 0.5) is 4.79 Å². The highest BCUT2D eigenvalue weighted by atomic mass is 16.5. The number of carbonyl (C=O) groups is 3. The fourth-order valence-corrected chi connectivity index (χ4v) is 3.46. The summed E-state index contributed by atoms with van der Waals surface area (Å²) in [5.41, 5.74) is 1.13. The third-order valence-corrected chi connectivity index (χ3v) is 4.92. The highest BCUT2D eigenvalue weighted by molar-refractivity contribution is 5.95. The molecule has 0 spiro atoms. The van der Waals surface area contributed by atoms with Crippen molar-refractivity contribution in [1.82, 2.24) is 20.2 Å². The van der Waals surface area contributed by atoms with Gasteiger partial charge >= 0.3 is 18.0 Å². The number of amides is 2. The number of benzene rings is 1. The van der Waals surface area contributed by atoms with Crippen LogP contribution >= 0.6 is 0 Å². The van der Waals surface area contributed by atoms with Crippen molar-refractivity contribution in [3.05, 3.63) is 83.5 Å². The molecule has 2 aromatic heterocycles. The topological polar surface area (TPSA) is 125 Å². The third-order valence-electron chi connectivity index (χ3n) is 4.92. The molecule has 1 aromatic carbocycles. The molecule has 1 unspecified atom stereocenters. The zero-order valence-electron chi connectivity index (χ0n) is 18.0. The molecule has 1 atom stereocenters. The zero-order chi connectivity index (χ0) is 23.4. The Hall–Kier alpha value is -4.34. The van der Waals surface area contributed by atoms with Gasteiger partial charge in [-0.25, -0.2) is 19.4 Å². The molecule has 3 heterocycles. The highest BCUT2D eigenvalue weighted by Gasteiger charge is 2.36. The molecule has 3 aromatic rings. The van der Waals surface area contributed by atoms with Crippen LogP contribution in [0.25, 0.3) is 5.69 Å². The Morgan fingerprint density at radius 1 is 1.12 bits per heavy atom. The molecule has 0 saturated carbocycles. The van der Waals surface area contributed by atoms with Crippen LogP contribution in [0.5, 0.6) is 0 Å². The number of urea groups is 1. The van der Waals surface area contributed by atoms with E-state index >= 15 is 0 Å². The van der Waals surface area contributed by atoms with Crippen molar-refractivity contribution >= 4 is 18.0 Å². The normalized spacial score (nSPS) is 15.6. The summed E-state index contributed by atoms with van der Waals surface area (Å²) >= 11 is 0. The lowest BCUT2D eigenvalue weighted by Gasteiger charge is -2.27. The second-order valence-corrected chi connectivity index (χ2v) is 7.15. The van der Waals surface area contributed by atoms with Gasteiger partial charge in [0.05, 0.1) is 30.4 Å². The maximum absolute atomic E-state index is 12.8. The van der Waals surface area contributed by atoms with Crippen molar-refractivity contribution in [2.75, 3.05) is 13.2 Å². The van der Waals surface area contributed by atoms with Crippen molar-refractivity contribution in [2.45, 2.75) is 19.9 Å². The monoisotopic (exact) mass is 450 g/mol. The molecule has 4 rings (SSSR count). The number of rotatable bonds is 7. The first-order valence-electron chi connectivity index (χ1n) is 10.3. The number of imidazole rings is 1. The van der Waals surface area contributed by atoms with Gasteiger partial charge in [0.25, 0.3) is 0 Å². The van der Waals surface area contributed by atoms with Crippen LogP contribution in [0.1, 0.15) is 35.0 Å². The van der Waals surface area contributed by atoms with Gasteiger partial charge in [0.1, 0.15) is 24.2 Å². The largest absolute Gasteiger partial charge is 0.464 e. The molecule has 0 bridgehead atoms. The van der Waals surface area contributed by atoms with E-state index in [9.17, 15) is 14.4 Å². The molecule has 0 fully saturated rings. The maximum atomic E-state index is 12.8. The number of hydrogen-bond acceptors (Lipinski definition) is 7. The first-order valence-corrected chi connectivity index (χ1v) is 10.3. The van der Waals surface area contributed by atoms with Crippen LogP contribution < -0.4 is 10.6 Å². The molecule has 2 amide bonds. The van der Waals surface area contributed by atoms with Crippen molar-refractivity contribution in [2.24, 2.45) is 0 Å². The fraction of sp³-hybridized carbons (Fsp3) is 0.217. The van der Waals surface area contributed by atoms with Crippen LogP contribution in [0.15, 0.2) is 70.7 Å². The smallest absolute Gasteiger partial charge is 0.357 e. The molecule has 33 heavy (non-hydrogen) atoms. The van der Waals surface area contributed by atoms with E-state index in [1.807, 2.05) is 30.3 Å². The SMILES string of the molecule is CCOC(=O)C1=C(COC(=O)c2cncn2-c2ccccc2)NC(=O)NC1c1ccc(C)o1. The van der Waals surface area contributed by atoms with Gasteiger partial charge in [-0.3, -0.25) is 4.57 Å². The van der Waals surface area contributed by atoms with E-state index < -0.39 is 24.0 Å². The summed E-state index contributed by atoms with van der Waals surface area (Å²) in [5.74, 6) is -0.366. The number of esters is 2. The van der Waals surface area contributed by atoms with Gasteiger partial charge in [-0.05, 0) is 38.1 Å². The number of aromatic nitrogens is 2. The van der Waals surface area contributed by atoms with Crippen LogP contribution in [-0.2, 0) is 14.3 Å². The lowest BCUT2D eigenvalue weighted by atomic mass is 10.0. The Balaban J connectivity index is 1.62. The molecule has 10 nitrogen and oxygen atoms in total. The second kappa shape index (κ2) is 9.43. The lowest BCUT2D eigenvalue weighted by Crippen LogP contribution is -2.47. The molecule has 170 valence electrons. The average molecular weight is 450 g/mol. The number of ether oxygens (including phenoxy) is 2. The average Bonchev–Trinajstić information content (AvgIpc) is 3.47. The summed E-state index contributed by atoms with van der Waals surface area (Å²) in [5, 5.41) is 5.20. The van der Waals surface area contributed by atoms with Gasteiger partial charge in [0, 0.05) is 5.69 Å². The van der Waals surface area contributed by atoms with Gasteiger partial charge < -0.3 is 24.5 Å². The summed E-state index contributed by atoms with van der Waals surface area (Å²) in [6.07, 6.45) is 2.88. The summed E-state index contributed by atoms with van der Waals surface area (Å²) < 4.78 is 17.8. The minimum Gasteiger partial charge on any atom is -0.464 e. The van der Waals surface area contributed by atoms with Crippen LogP contribution in [-0.4, -0.2) is 40.7 Å². The number of nitrogens with one attached hydrogen (secondary N) is 2. The van der Waals surface area contributed by atoms with Crippen LogP contribution in [0.3, 0.4) is 0 Å². The molecule has 10 heteroatoms. The van der Waals surface area contributed by atoms with Gasteiger partial charge in [0.2, 0.25) is 0 Å². The van der Waals surface area contributed by atoms with E-state index in [1.54, 1.807) is 30.5 Å². The van der Waals surface area contributed by atoms with E-state index in [0.29, 0.717) is 11.5 Å². The van der Waals surface area contributed by atoms with E-state index in [4.69, 9.17) is 13.9 Å². The van der Waals surface area contributed by atoms with Gasteiger partial charge in [-0.1, -0.05) is 18.2 Å². The maximum Gasteiger partial charge on any atom is 0.357 e. The number of para-hydroxylation sites is 1. The Morgan fingerprint density at radius 3 is 2.61 bits per heavy atom. The minimum absolute atomic E-state index is 0.0927. The highest BCUT2D eigenvalue weighted by Crippen LogP contribution is 2.29. The van der Waals surface area contributed by atoms with E-state index in [2.05, 4.69) is 15.6 Å². The molecular weight excluding hydrogens is 428 g/mol. The number of hydrogen-bond donors (Lipinski definition) is 2. The summed E-state index contributed by atoms with van der Waals surface area (Å²) in [6.45, 7) is 3.18. The van der Waals surface area contributed by atoms with Gasteiger partial charge in [-0.2, -0.15) is 0 Å². The van der Waals surface area contributed by atoms with Crippen molar-refractivity contribution in [3.8, 4) is 5.69 Å². The first kappa shape index (κ1) is 21.9. The minimum atomic E-state index is -0.893. The second-order valence-electron chi connectivity index (χ2n) is 7.15. The molecular formula is C23H22N4O6.